The zero-order chi connectivity index (χ0) is 22.6. The van der Waals surface area contributed by atoms with Crippen LogP contribution in [0.15, 0.2) is 36.4 Å². The fourth-order valence-corrected chi connectivity index (χ4v) is 3.25. The monoisotopic (exact) mass is 412 g/mol. The Bertz CT molecular complexity index is 961. The van der Waals surface area contributed by atoms with E-state index < -0.39 is 23.3 Å². The highest BCUT2D eigenvalue weighted by Crippen LogP contribution is 2.26. The number of rotatable bonds is 6. The minimum Gasteiger partial charge on any atom is -0.496 e. The van der Waals surface area contributed by atoms with Crippen LogP contribution in [0, 0.1) is 13.8 Å². The standard InChI is InChI=1S/C23H28N2O5/c1-7-17-18(9-8-10-19(17)30-6)21(27)25(23(4,5)22(28)29)24-20(26)16-12-14(2)11-15(3)13-16/h8-13H,7H2,1-6H3,(H,24,26)(H,28,29). The maximum atomic E-state index is 13.4. The van der Waals surface area contributed by atoms with E-state index in [1.54, 1.807) is 30.3 Å². The second kappa shape index (κ2) is 8.98. The first-order valence-corrected chi connectivity index (χ1v) is 9.66. The lowest BCUT2D eigenvalue weighted by Crippen LogP contribution is -2.60. The van der Waals surface area contributed by atoms with Crippen molar-refractivity contribution in [3.63, 3.8) is 0 Å². The van der Waals surface area contributed by atoms with Crippen molar-refractivity contribution in [3.8, 4) is 5.75 Å². The lowest BCUT2D eigenvalue weighted by atomic mass is 9.99. The Morgan fingerprint density at radius 3 is 2.20 bits per heavy atom. The van der Waals surface area contributed by atoms with Crippen LogP contribution in [0.4, 0.5) is 0 Å². The van der Waals surface area contributed by atoms with E-state index in [9.17, 15) is 19.5 Å². The molecule has 0 atom stereocenters. The van der Waals surface area contributed by atoms with E-state index in [1.165, 1.54) is 21.0 Å². The van der Waals surface area contributed by atoms with Gasteiger partial charge in [-0.15, -0.1) is 0 Å². The predicted molar refractivity (Wildman–Crippen MR) is 114 cm³/mol. The van der Waals surface area contributed by atoms with Gasteiger partial charge in [0.2, 0.25) is 0 Å². The normalized spacial score (nSPS) is 11.0. The largest absolute Gasteiger partial charge is 0.496 e. The highest BCUT2D eigenvalue weighted by Gasteiger charge is 2.40. The number of hydrazine groups is 1. The van der Waals surface area contributed by atoms with Crippen molar-refractivity contribution in [2.45, 2.75) is 46.6 Å². The summed E-state index contributed by atoms with van der Waals surface area (Å²) < 4.78 is 5.34. The van der Waals surface area contributed by atoms with E-state index >= 15 is 0 Å². The van der Waals surface area contributed by atoms with Gasteiger partial charge < -0.3 is 9.84 Å². The van der Waals surface area contributed by atoms with Gasteiger partial charge >= 0.3 is 5.97 Å². The highest BCUT2D eigenvalue weighted by atomic mass is 16.5. The van der Waals surface area contributed by atoms with Crippen LogP contribution in [0.2, 0.25) is 0 Å². The van der Waals surface area contributed by atoms with Crippen LogP contribution in [0.3, 0.4) is 0 Å². The van der Waals surface area contributed by atoms with Gasteiger partial charge in [0, 0.05) is 16.7 Å². The number of hydrogen-bond acceptors (Lipinski definition) is 4. The van der Waals surface area contributed by atoms with Crippen molar-refractivity contribution >= 4 is 17.8 Å². The van der Waals surface area contributed by atoms with Crippen LogP contribution in [0.25, 0.3) is 0 Å². The Balaban J connectivity index is 2.53. The predicted octanol–water partition coefficient (Wildman–Crippen LogP) is 3.52. The Morgan fingerprint density at radius 2 is 1.70 bits per heavy atom. The number of carbonyl (C=O) groups excluding carboxylic acids is 2. The first-order valence-electron chi connectivity index (χ1n) is 9.66. The van der Waals surface area contributed by atoms with Gasteiger partial charge in [0.25, 0.3) is 11.8 Å². The molecule has 2 rings (SSSR count). The second-order valence-electron chi connectivity index (χ2n) is 7.66. The van der Waals surface area contributed by atoms with E-state index in [0.717, 1.165) is 16.1 Å². The van der Waals surface area contributed by atoms with Crippen LogP contribution in [-0.4, -0.2) is 40.5 Å². The van der Waals surface area contributed by atoms with Gasteiger partial charge in [-0.2, -0.15) is 0 Å². The van der Waals surface area contributed by atoms with Gasteiger partial charge in [-0.1, -0.05) is 30.2 Å². The fraction of sp³-hybridized carbons (Fsp3) is 0.348. The maximum Gasteiger partial charge on any atom is 0.331 e. The van der Waals surface area contributed by atoms with E-state index in [-0.39, 0.29) is 5.56 Å². The number of carboxylic acid groups (broad SMARTS) is 1. The van der Waals surface area contributed by atoms with E-state index in [0.29, 0.717) is 23.3 Å². The topological polar surface area (TPSA) is 95.9 Å². The second-order valence-corrected chi connectivity index (χ2v) is 7.66. The molecule has 0 fully saturated rings. The smallest absolute Gasteiger partial charge is 0.331 e. The molecule has 0 radical (unpaired) electrons. The molecule has 2 aromatic carbocycles. The summed E-state index contributed by atoms with van der Waals surface area (Å²) in [6.45, 7) is 8.31. The van der Waals surface area contributed by atoms with Gasteiger partial charge in [0.15, 0.2) is 5.54 Å². The Kier molecular flexibility index (Phi) is 6.87. The number of nitrogens with zero attached hydrogens (tertiary/aromatic N) is 1. The summed E-state index contributed by atoms with van der Waals surface area (Å²) in [6, 6.07) is 10.3. The molecule has 2 N–H and O–H groups in total. The third kappa shape index (κ3) is 4.62. The van der Waals surface area contributed by atoms with Crippen molar-refractivity contribution in [1.82, 2.24) is 10.4 Å². The number of nitrogens with one attached hydrogen (secondary N) is 1. The van der Waals surface area contributed by atoms with Crippen LogP contribution in [-0.2, 0) is 11.2 Å². The molecule has 0 saturated heterocycles. The lowest BCUT2D eigenvalue weighted by molar-refractivity contribution is -0.148. The summed E-state index contributed by atoms with van der Waals surface area (Å²) in [5.74, 6) is -1.92. The van der Waals surface area contributed by atoms with Crippen LogP contribution >= 0.6 is 0 Å². The number of benzene rings is 2. The molecule has 7 nitrogen and oxygen atoms in total. The zero-order valence-electron chi connectivity index (χ0n) is 18.2. The van der Waals surface area contributed by atoms with Gasteiger partial charge in [-0.3, -0.25) is 15.0 Å². The number of carbonyl (C=O) groups is 3. The van der Waals surface area contributed by atoms with E-state index in [1.807, 2.05) is 26.8 Å². The number of aliphatic carboxylic acids is 1. The molecule has 0 bridgehead atoms. The Morgan fingerprint density at radius 1 is 1.10 bits per heavy atom. The maximum absolute atomic E-state index is 13.4. The van der Waals surface area contributed by atoms with Gasteiger partial charge in [-0.05, 0) is 58.4 Å². The van der Waals surface area contributed by atoms with Crippen LogP contribution < -0.4 is 10.2 Å². The third-order valence-corrected chi connectivity index (χ3v) is 4.92. The number of hydrogen-bond donors (Lipinski definition) is 2. The minimum absolute atomic E-state index is 0.270. The summed E-state index contributed by atoms with van der Waals surface area (Å²) in [6.07, 6.45) is 0.497. The van der Waals surface area contributed by atoms with E-state index in [2.05, 4.69) is 5.43 Å². The summed E-state index contributed by atoms with van der Waals surface area (Å²) in [5, 5.41) is 10.6. The SMILES string of the molecule is CCc1c(OC)cccc1C(=O)N(NC(=O)c1cc(C)cc(C)c1)C(C)(C)C(=O)O. The van der Waals surface area contributed by atoms with Crippen LogP contribution in [0.5, 0.6) is 5.75 Å². The molecule has 0 aliphatic rings. The van der Waals surface area contributed by atoms with Gasteiger partial charge in [-0.25, -0.2) is 9.80 Å². The van der Waals surface area contributed by atoms with Gasteiger partial charge in [0.05, 0.1) is 7.11 Å². The molecule has 0 heterocycles. The fourth-order valence-electron chi connectivity index (χ4n) is 3.25. The Hall–Kier alpha value is -3.35. The molecule has 0 saturated carbocycles. The zero-order valence-corrected chi connectivity index (χ0v) is 18.2. The highest BCUT2D eigenvalue weighted by molar-refractivity contribution is 6.02. The molecule has 0 aromatic heterocycles. The molecule has 2 aromatic rings. The molecular weight excluding hydrogens is 384 g/mol. The number of methoxy groups -OCH3 is 1. The third-order valence-electron chi connectivity index (χ3n) is 4.92. The van der Waals surface area contributed by atoms with Crippen molar-refractivity contribution in [1.29, 1.82) is 0 Å². The summed E-state index contributed by atoms with van der Waals surface area (Å²) in [7, 11) is 1.50. The molecule has 7 heteroatoms. The molecule has 0 spiro atoms. The summed E-state index contributed by atoms with van der Waals surface area (Å²) in [4.78, 5) is 38.3. The Labute approximate surface area is 176 Å². The molecule has 2 amide bonds. The number of aryl methyl sites for hydroxylation is 2. The molecule has 160 valence electrons. The first kappa shape index (κ1) is 22.9. The van der Waals surface area contributed by atoms with E-state index in [4.69, 9.17) is 4.74 Å². The van der Waals surface area contributed by atoms with Crippen molar-refractivity contribution in [2.24, 2.45) is 0 Å². The molecule has 30 heavy (non-hydrogen) atoms. The van der Waals surface area contributed by atoms with Gasteiger partial charge in [0.1, 0.15) is 5.75 Å². The lowest BCUT2D eigenvalue weighted by Gasteiger charge is -2.35. The summed E-state index contributed by atoms with van der Waals surface area (Å²) >= 11 is 0. The molecule has 0 unspecified atom stereocenters. The van der Waals surface area contributed by atoms with Crippen molar-refractivity contribution < 1.29 is 24.2 Å². The average Bonchev–Trinajstić information content (AvgIpc) is 2.69. The van der Waals surface area contributed by atoms with Crippen LogP contribution in [0.1, 0.15) is 58.2 Å². The average molecular weight is 412 g/mol. The molecule has 0 aliphatic heterocycles. The quantitative estimate of drug-likeness (QED) is 0.708. The summed E-state index contributed by atoms with van der Waals surface area (Å²) in [5.41, 5.74) is 3.84. The first-order chi connectivity index (χ1) is 14.0. The number of ether oxygens (including phenoxy) is 1. The molecule has 0 aliphatic carbocycles. The number of carboxylic acids is 1. The van der Waals surface area contributed by atoms with Crippen molar-refractivity contribution in [3.05, 3.63) is 64.2 Å². The number of amides is 2. The minimum atomic E-state index is -1.69. The van der Waals surface area contributed by atoms with Crippen molar-refractivity contribution in [2.75, 3.05) is 7.11 Å². The molecular formula is C23H28N2O5.